The average molecular weight is 297 g/mol. The molecular formula is C18H14BN4. The van der Waals surface area contributed by atoms with Crippen molar-refractivity contribution in [3.8, 4) is 0 Å². The molecule has 0 atom stereocenters. The van der Waals surface area contributed by atoms with Gasteiger partial charge in [0.15, 0.2) is 0 Å². The van der Waals surface area contributed by atoms with Crippen LogP contribution in [-0.2, 0) is 0 Å². The predicted molar refractivity (Wildman–Crippen MR) is 97.3 cm³/mol. The van der Waals surface area contributed by atoms with Gasteiger partial charge in [-0.05, 0) is 19.7 Å². The number of hydrogen-bond donors (Lipinski definition) is 1. The zero-order valence-corrected chi connectivity index (χ0v) is 12.7. The van der Waals surface area contributed by atoms with Gasteiger partial charge in [-0.15, -0.1) is 0 Å². The Balaban J connectivity index is 1.85. The minimum Gasteiger partial charge on any atom is -0.383 e. The molecule has 2 N–H and O–H groups in total. The smallest absolute Gasteiger partial charge is 0.223 e. The Labute approximate surface area is 135 Å². The number of aliphatic imine (C=N–C) groups is 3. The topological polar surface area (TPSA) is 63.1 Å². The lowest BCUT2D eigenvalue weighted by Gasteiger charge is -2.05. The predicted octanol–water partition coefficient (Wildman–Crippen LogP) is 2.16. The van der Waals surface area contributed by atoms with E-state index in [4.69, 9.17) is 5.73 Å². The summed E-state index contributed by atoms with van der Waals surface area (Å²) in [5.41, 5.74) is 13.3. The normalized spacial score (nSPS) is 16.9. The van der Waals surface area contributed by atoms with Crippen LogP contribution in [0.3, 0.4) is 0 Å². The van der Waals surface area contributed by atoms with Gasteiger partial charge in [0.1, 0.15) is 11.5 Å². The van der Waals surface area contributed by atoms with E-state index in [1.54, 1.807) is 0 Å². The van der Waals surface area contributed by atoms with Gasteiger partial charge in [0.2, 0.25) is 7.28 Å². The standard InChI is InChI=1S/C18H14BN4/c1-10-7-8-14-13(9-10)19-17(22-14)16(21-2)15-11-5-3-4-6-12(11)18(20)23-15/h3-9H,2H2,1H3,(H2,20,23)/b16-15+. The van der Waals surface area contributed by atoms with E-state index >= 15 is 0 Å². The Morgan fingerprint density at radius 1 is 1.13 bits per heavy atom. The SMILES string of the molecule is C=N/C(C1=Nc2ccc(C)cc2[B]1)=C1/N=C(N)c2ccccc21. The van der Waals surface area contributed by atoms with Crippen LogP contribution in [0.5, 0.6) is 0 Å². The molecule has 0 saturated heterocycles. The van der Waals surface area contributed by atoms with Crippen molar-refractivity contribution in [2.45, 2.75) is 6.92 Å². The Bertz CT molecular complexity index is 938. The highest BCUT2D eigenvalue weighted by Gasteiger charge is 2.26. The third kappa shape index (κ3) is 2.13. The number of aryl methyl sites for hydroxylation is 1. The van der Waals surface area contributed by atoms with Gasteiger partial charge < -0.3 is 5.73 Å². The van der Waals surface area contributed by atoms with Crippen LogP contribution < -0.4 is 11.2 Å². The fourth-order valence-corrected chi connectivity index (χ4v) is 2.93. The monoisotopic (exact) mass is 297 g/mol. The molecule has 23 heavy (non-hydrogen) atoms. The molecule has 2 aromatic rings. The van der Waals surface area contributed by atoms with Gasteiger partial charge >= 0.3 is 0 Å². The fraction of sp³-hybridized carbons (Fsp3) is 0.0556. The van der Waals surface area contributed by atoms with Crippen molar-refractivity contribution in [3.05, 3.63) is 64.9 Å². The van der Waals surface area contributed by atoms with E-state index in [1.807, 2.05) is 43.7 Å². The summed E-state index contributed by atoms with van der Waals surface area (Å²) in [7, 11) is 2.02. The third-order valence-corrected chi connectivity index (χ3v) is 4.03. The first-order valence-corrected chi connectivity index (χ1v) is 7.37. The summed E-state index contributed by atoms with van der Waals surface area (Å²) in [6.45, 7) is 5.77. The number of hydrogen-bond acceptors (Lipinski definition) is 4. The molecule has 0 aliphatic carbocycles. The Morgan fingerprint density at radius 3 is 2.70 bits per heavy atom. The zero-order chi connectivity index (χ0) is 16.0. The summed E-state index contributed by atoms with van der Waals surface area (Å²) in [5.74, 6) is 0.503. The highest BCUT2D eigenvalue weighted by atomic mass is 14.9. The minimum absolute atomic E-state index is 0.503. The maximum atomic E-state index is 6.04. The highest BCUT2D eigenvalue weighted by Crippen LogP contribution is 2.32. The van der Waals surface area contributed by atoms with Crippen molar-refractivity contribution in [1.29, 1.82) is 0 Å². The molecule has 2 heterocycles. The summed E-state index contributed by atoms with van der Waals surface area (Å²) >= 11 is 0. The molecule has 0 saturated carbocycles. The van der Waals surface area contributed by atoms with Crippen LogP contribution in [0, 0.1) is 6.92 Å². The number of rotatable bonds is 2. The summed E-state index contributed by atoms with van der Waals surface area (Å²) in [6.07, 6.45) is 0. The molecule has 0 spiro atoms. The Kier molecular flexibility index (Phi) is 3.01. The molecule has 0 fully saturated rings. The second kappa shape index (κ2) is 5.05. The van der Waals surface area contributed by atoms with Gasteiger partial charge in [-0.1, -0.05) is 47.4 Å². The van der Waals surface area contributed by atoms with Gasteiger partial charge in [0.05, 0.1) is 11.4 Å². The average Bonchev–Trinajstić information content (AvgIpc) is 3.10. The molecule has 4 rings (SSSR count). The summed E-state index contributed by atoms with van der Waals surface area (Å²) in [5, 5.41) is 0. The summed E-state index contributed by atoms with van der Waals surface area (Å²) in [6, 6.07) is 14.0. The molecule has 109 valence electrons. The van der Waals surface area contributed by atoms with Crippen LogP contribution in [0.4, 0.5) is 5.69 Å². The van der Waals surface area contributed by atoms with Crippen molar-refractivity contribution in [2.24, 2.45) is 20.7 Å². The van der Waals surface area contributed by atoms with Crippen LogP contribution in [0.25, 0.3) is 5.70 Å². The van der Waals surface area contributed by atoms with E-state index < -0.39 is 0 Å². The lowest BCUT2D eigenvalue weighted by atomic mass is 9.65. The van der Waals surface area contributed by atoms with Gasteiger partial charge in [0, 0.05) is 16.7 Å². The number of fused-ring (bicyclic) bond motifs is 2. The molecule has 1 radical (unpaired) electrons. The molecule has 4 nitrogen and oxygen atoms in total. The van der Waals surface area contributed by atoms with Crippen molar-refractivity contribution in [3.63, 3.8) is 0 Å². The van der Waals surface area contributed by atoms with Gasteiger partial charge in [-0.3, -0.25) is 9.98 Å². The molecule has 0 unspecified atom stereocenters. The quantitative estimate of drug-likeness (QED) is 0.670. The van der Waals surface area contributed by atoms with Gasteiger partial charge in [-0.2, -0.15) is 0 Å². The minimum atomic E-state index is 0.503. The molecule has 2 aromatic carbocycles. The van der Waals surface area contributed by atoms with E-state index in [1.165, 1.54) is 5.56 Å². The summed E-state index contributed by atoms with van der Waals surface area (Å²) < 4.78 is 0. The molecule has 5 heteroatoms. The van der Waals surface area contributed by atoms with E-state index in [9.17, 15) is 0 Å². The van der Waals surface area contributed by atoms with Crippen molar-refractivity contribution in [2.75, 3.05) is 0 Å². The van der Waals surface area contributed by atoms with E-state index in [0.717, 1.165) is 33.6 Å². The van der Waals surface area contributed by atoms with E-state index in [-0.39, 0.29) is 0 Å². The molecule has 2 aliphatic rings. The second-order valence-corrected chi connectivity index (χ2v) is 5.60. The lowest BCUT2D eigenvalue weighted by Crippen LogP contribution is -2.20. The molecular weight excluding hydrogens is 283 g/mol. The largest absolute Gasteiger partial charge is 0.383 e. The lowest BCUT2D eigenvalue weighted by molar-refractivity contribution is 1.42. The third-order valence-electron chi connectivity index (χ3n) is 4.03. The number of nitrogens with two attached hydrogens (primary N) is 1. The second-order valence-electron chi connectivity index (χ2n) is 5.60. The van der Waals surface area contributed by atoms with Crippen LogP contribution in [0.1, 0.15) is 16.7 Å². The van der Waals surface area contributed by atoms with Crippen LogP contribution in [0.2, 0.25) is 0 Å². The highest BCUT2D eigenvalue weighted by molar-refractivity contribution is 6.91. The van der Waals surface area contributed by atoms with Crippen LogP contribution in [-0.4, -0.2) is 25.4 Å². The number of amidine groups is 1. The first-order chi connectivity index (χ1) is 11.2. The molecule has 2 aliphatic heterocycles. The Morgan fingerprint density at radius 2 is 1.91 bits per heavy atom. The maximum Gasteiger partial charge on any atom is 0.223 e. The number of nitrogens with zero attached hydrogens (tertiary/aromatic N) is 3. The van der Waals surface area contributed by atoms with Crippen molar-refractivity contribution >= 4 is 42.3 Å². The van der Waals surface area contributed by atoms with E-state index in [2.05, 4.69) is 34.7 Å². The molecule has 0 aromatic heterocycles. The van der Waals surface area contributed by atoms with Gasteiger partial charge in [0.25, 0.3) is 0 Å². The number of allylic oxidation sites excluding steroid dienone is 1. The molecule has 0 bridgehead atoms. The summed E-state index contributed by atoms with van der Waals surface area (Å²) in [4.78, 5) is 13.4. The first kappa shape index (κ1) is 13.7. The zero-order valence-electron chi connectivity index (χ0n) is 12.7. The van der Waals surface area contributed by atoms with Crippen LogP contribution >= 0.6 is 0 Å². The van der Waals surface area contributed by atoms with Gasteiger partial charge in [-0.25, -0.2) is 4.99 Å². The van der Waals surface area contributed by atoms with Crippen molar-refractivity contribution in [1.82, 2.24) is 0 Å². The van der Waals surface area contributed by atoms with E-state index in [0.29, 0.717) is 11.5 Å². The first-order valence-electron chi connectivity index (χ1n) is 7.37. The molecule has 0 amide bonds. The maximum absolute atomic E-state index is 6.04. The number of benzene rings is 2. The Hall–Kier alpha value is -2.95. The van der Waals surface area contributed by atoms with Crippen molar-refractivity contribution < 1.29 is 0 Å². The van der Waals surface area contributed by atoms with Crippen LogP contribution in [0.15, 0.2) is 63.1 Å². The fourth-order valence-electron chi connectivity index (χ4n) is 2.93.